The van der Waals surface area contributed by atoms with Crippen molar-refractivity contribution in [2.75, 3.05) is 11.9 Å². The van der Waals surface area contributed by atoms with Crippen molar-refractivity contribution in [2.24, 2.45) is 5.41 Å². The van der Waals surface area contributed by atoms with Crippen molar-refractivity contribution in [3.05, 3.63) is 29.3 Å². The van der Waals surface area contributed by atoms with Gasteiger partial charge < -0.3 is 10.4 Å². The van der Waals surface area contributed by atoms with Crippen LogP contribution in [-0.4, -0.2) is 17.6 Å². The summed E-state index contributed by atoms with van der Waals surface area (Å²) < 4.78 is 0. The average Bonchev–Trinajstić information content (AvgIpc) is 2.38. The lowest BCUT2D eigenvalue weighted by molar-refractivity contribution is 0.0697. The van der Waals surface area contributed by atoms with Gasteiger partial charge >= 0.3 is 5.97 Å². The SMILES string of the molecule is Cc1cccc(C(=O)O)c1NCC1(C)CCCCC1. The summed E-state index contributed by atoms with van der Waals surface area (Å²) in [6.07, 6.45) is 6.37. The molecular formula is C16H23NO2. The van der Waals surface area contributed by atoms with E-state index in [-0.39, 0.29) is 0 Å². The molecule has 0 radical (unpaired) electrons. The molecule has 0 amide bonds. The first-order valence-electron chi connectivity index (χ1n) is 7.09. The maximum atomic E-state index is 11.3. The number of carbonyl (C=O) groups is 1. The van der Waals surface area contributed by atoms with E-state index in [9.17, 15) is 9.90 Å². The topological polar surface area (TPSA) is 49.3 Å². The molecule has 3 heteroatoms. The number of carboxylic acid groups (broad SMARTS) is 1. The third kappa shape index (κ3) is 3.28. The van der Waals surface area contributed by atoms with Crippen molar-refractivity contribution in [3.63, 3.8) is 0 Å². The maximum Gasteiger partial charge on any atom is 0.337 e. The fraction of sp³-hybridized carbons (Fsp3) is 0.562. The minimum Gasteiger partial charge on any atom is -0.478 e. The Morgan fingerprint density at radius 1 is 1.32 bits per heavy atom. The molecule has 3 nitrogen and oxygen atoms in total. The molecule has 0 aliphatic heterocycles. The van der Waals surface area contributed by atoms with Gasteiger partial charge in [-0.05, 0) is 36.8 Å². The Hall–Kier alpha value is -1.51. The van der Waals surface area contributed by atoms with Gasteiger partial charge in [-0.1, -0.05) is 38.3 Å². The van der Waals surface area contributed by atoms with E-state index in [0.717, 1.165) is 17.8 Å². The first-order chi connectivity index (χ1) is 9.02. The number of rotatable bonds is 4. The van der Waals surface area contributed by atoms with Gasteiger partial charge in [0.05, 0.1) is 11.3 Å². The van der Waals surface area contributed by atoms with Crippen molar-refractivity contribution < 1.29 is 9.90 Å². The molecule has 1 aliphatic rings. The highest BCUT2D eigenvalue weighted by Gasteiger charge is 2.27. The van der Waals surface area contributed by atoms with Crippen LogP contribution in [0.2, 0.25) is 0 Å². The average molecular weight is 261 g/mol. The van der Waals surface area contributed by atoms with Crippen LogP contribution in [0, 0.1) is 12.3 Å². The fourth-order valence-corrected chi connectivity index (χ4v) is 2.96. The van der Waals surface area contributed by atoms with Gasteiger partial charge in [0, 0.05) is 6.54 Å². The molecule has 1 aliphatic carbocycles. The highest BCUT2D eigenvalue weighted by molar-refractivity contribution is 5.95. The predicted molar refractivity (Wildman–Crippen MR) is 77.8 cm³/mol. The molecule has 0 spiro atoms. The maximum absolute atomic E-state index is 11.3. The van der Waals surface area contributed by atoms with Gasteiger partial charge in [0.2, 0.25) is 0 Å². The second kappa shape index (κ2) is 5.64. The van der Waals surface area contributed by atoms with E-state index in [1.165, 1.54) is 32.1 Å². The molecule has 19 heavy (non-hydrogen) atoms. The third-order valence-electron chi connectivity index (χ3n) is 4.26. The van der Waals surface area contributed by atoms with Crippen molar-refractivity contribution in [2.45, 2.75) is 46.0 Å². The number of aryl methyl sites for hydroxylation is 1. The van der Waals surface area contributed by atoms with Crippen molar-refractivity contribution in [1.29, 1.82) is 0 Å². The van der Waals surface area contributed by atoms with Crippen molar-refractivity contribution >= 4 is 11.7 Å². The highest BCUT2D eigenvalue weighted by atomic mass is 16.4. The summed E-state index contributed by atoms with van der Waals surface area (Å²) in [6, 6.07) is 5.42. The second-order valence-corrected chi connectivity index (χ2v) is 6.03. The van der Waals surface area contributed by atoms with Crippen LogP contribution in [0.5, 0.6) is 0 Å². The normalized spacial score (nSPS) is 18.0. The van der Waals surface area contributed by atoms with E-state index in [0.29, 0.717) is 11.0 Å². The molecule has 0 saturated heterocycles. The number of anilines is 1. The van der Waals surface area contributed by atoms with E-state index in [2.05, 4.69) is 12.2 Å². The Morgan fingerprint density at radius 3 is 2.63 bits per heavy atom. The molecule has 0 heterocycles. The Morgan fingerprint density at radius 2 is 2.00 bits per heavy atom. The zero-order valence-electron chi connectivity index (χ0n) is 11.8. The first-order valence-corrected chi connectivity index (χ1v) is 7.09. The summed E-state index contributed by atoms with van der Waals surface area (Å²) in [5.74, 6) is -0.861. The molecule has 104 valence electrons. The lowest BCUT2D eigenvalue weighted by atomic mass is 9.75. The van der Waals surface area contributed by atoms with Gasteiger partial charge in [0.15, 0.2) is 0 Å². The van der Waals surface area contributed by atoms with Gasteiger partial charge in [-0.2, -0.15) is 0 Å². The van der Waals surface area contributed by atoms with Crippen LogP contribution >= 0.6 is 0 Å². The fourth-order valence-electron chi connectivity index (χ4n) is 2.96. The molecular weight excluding hydrogens is 238 g/mol. The lowest BCUT2D eigenvalue weighted by Gasteiger charge is -2.34. The largest absolute Gasteiger partial charge is 0.478 e. The van der Waals surface area contributed by atoms with E-state index < -0.39 is 5.97 Å². The molecule has 2 N–H and O–H groups in total. The van der Waals surface area contributed by atoms with E-state index in [1.54, 1.807) is 12.1 Å². The number of carboxylic acids is 1. The van der Waals surface area contributed by atoms with Crippen LogP contribution < -0.4 is 5.32 Å². The second-order valence-electron chi connectivity index (χ2n) is 6.03. The minimum atomic E-state index is -0.861. The van der Waals surface area contributed by atoms with E-state index in [4.69, 9.17) is 0 Å². The first kappa shape index (κ1) is 13.9. The quantitative estimate of drug-likeness (QED) is 0.858. The summed E-state index contributed by atoms with van der Waals surface area (Å²) in [6.45, 7) is 5.12. The van der Waals surface area contributed by atoms with Crippen LogP contribution in [0.4, 0.5) is 5.69 Å². The van der Waals surface area contributed by atoms with Crippen LogP contribution in [-0.2, 0) is 0 Å². The lowest BCUT2D eigenvalue weighted by Crippen LogP contribution is -2.29. The monoisotopic (exact) mass is 261 g/mol. The molecule has 1 aromatic carbocycles. The number of benzene rings is 1. The molecule has 0 bridgehead atoms. The van der Waals surface area contributed by atoms with E-state index in [1.807, 2.05) is 13.0 Å². The Bertz CT molecular complexity index is 462. The summed E-state index contributed by atoms with van der Waals surface area (Å²) in [7, 11) is 0. The number of hydrogen-bond donors (Lipinski definition) is 2. The van der Waals surface area contributed by atoms with Gasteiger partial charge in [0.25, 0.3) is 0 Å². The number of nitrogens with one attached hydrogen (secondary N) is 1. The molecule has 1 fully saturated rings. The molecule has 1 aromatic rings. The van der Waals surface area contributed by atoms with Crippen LogP contribution in [0.15, 0.2) is 18.2 Å². The van der Waals surface area contributed by atoms with Gasteiger partial charge in [-0.15, -0.1) is 0 Å². The van der Waals surface area contributed by atoms with Crippen LogP contribution in [0.1, 0.15) is 54.9 Å². The van der Waals surface area contributed by atoms with E-state index >= 15 is 0 Å². The van der Waals surface area contributed by atoms with Crippen LogP contribution in [0.3, 0.4) is 0 Å². The van der Waals surface area contributed by atoms with Gasteiger partial charge in [-0.3, -0.25) is 0 Å². The molecule has 0 unspecified atom stereocenters. The van der Waals surface area contributed by atoms with Crippen LogP contribution in [0.25, 0.3) is 0 Å². The molecule has 2 rings (SSSR count). The summed E-state index contributed by atoms with van der Waals surface area (Å²) in [5.41, 5.74) is 2.46. The zero-order valence-corrected chi connectivity index (χ0v) is 11.8. The Labute approximate surface area is 115 Å². The predicted octanol–water partition coefficient (Wildman–Crippen LogP) is 4.08. The summed E-state index contributed by atoms with van der Waals surface area (Å²) in [4.78, 5) is 11.3. The standard InChI is InChI=1S/C16H23NO2/c1-12-7-6-8-13(15(18)19)14(12)17-11-16(2)9-4-3-5-10-16/h6-8,17H,3-5,9-11H2,1-2H3,(H,18,19). The number of aromatic carboxylic acids is 1. The third-order valence-corrected chi connectivity index (χ3v) is 4.26. The zero-order chi connectivity index (χ0) is 13.9. The molecule has 0 atom stereocenters. The Kier molecular flexibility index (Phi) is 4.13. The number of para-hydroxylation sites is 1. The van der Waals surface area contributed by atoms with Crippen molar-refractivity contribution in [1.82, 2.24) is 0 Å². The van der Waals surface area contributed by atoms with Crippen molar-refractivity contribution in [3.8, 4) is 0 Å². The minimum absolute atomic E-state index is 0.302. The smallest absolute Gasteiger partial charge is 0.337 e. The highest BCUT2D eigenvalue weighted by Crippen LogP contribution is 2.36. The Balaban J connectivity index is 2.12. The summed E-state index contributed by atoms with van der Waals surface area (Å²) >= 11 is 0. The molecule has 1 saturated carbocycles. The molecule has 0 aromatic heterocycles. The number of hydrogen-bond acceptors (Lipinski definition) is 2. The summed E-state index contributed by atoms with van der Waals surface area (Å²) in [5, 5.41) is 12.6. The van der Waals surface area contributed by atoms with Gasteiger partial charge in [0.1, 0.15) is 0 Å². The van der Waals surface area contributed by atoms with Gasteiger partial charge in [-0.25, -0.2) is 4.79 Å².